The van der Waals surface area contributed by atoms with E-state index in [1.807, 2.05) is 20.9 Å². The van der Waals surface area contributed by atoms with Crippen LogP contribution in [0.25, 0.3) is 0 Å². The summed E-state index contributed by atoms with van der Waals surface area (Å²) in [5.74, 6) is 2.37. The van der Waals surface area contributed by atoms with Crippen LogP contribution in [0.1, 0.15) is 38.4 Å². The summed E-state index contributed by atoms with van der Waals surface area (Å²) in [6.45, 7) is 6.68. The second kappa shape index (κ2) is 6.19. The Morgan fingerprint density at radius 3 is 2.79 bits per heavy atom. The molecule has 1 aliphatic rings. The van der Waals surface area contributed by atoms with E-state index in [1.54, 1.807) is 6.07 Å². The average Bonchev–Trinajstić information content (AvgIpc) is 2.39. The number of nitrogens with one attached hydrogen (secondary N) is 1. The first-order chi connectivity index (χ1) is 9.06. The highest BCUT2D eigenvalue weighted by Gasteiger charge is 2.17. The summed E-state index contributed by atoms with van der Waals surface area (Å²) < 4.78 is 5.37. The van der Waals surface area contributed by atoms with Crippen LogP contribution in [0.15, 0.2) is 10.9 Å². The molecule has 1 aromatic rings. The maximum absolute atomic E-state index is 11.7. The fourth-order valence-electron chi connectivity index (χ4n) is 2.34. The molecule has 5 heteroatoms. The van der Waals surface area contributed by atoms with Crippen LogP contribution >= 0.6 is 0 Å². The number of ether oxygens (including phenoxy) is 1. The van der Waals surface area contributed by atoms with Gasteiger partial charge in [0.2, 0.25) is 0 Å². The highest BCUT2D eigenvalue weighted by Crippen LogP contribution is 2.18. The molecule has 1 aromatic heterocycles. The zero-order valence-electron chi connectivity index (χ0n) is 12.0. The smallest absolute Gasteiger partial charge is 0.252 e. The number of hydrogen-bond donors (Lipinski definition) is 1. The highest BCUT2D eigenvalue weighted by atomic mass is 16.5. The van der Waals surface area contributed by atoms with Gasteiger partial charge in [0.25, 0.3) is 5.56 Å². The summed E-state index contributed by atoms with van der Waals surface area (Å²) in [4.78, 5) is 21.1. The third-order valence-corrected chi connectivity index (χ3v) is 3.56. The van der Waals surface area contributed by atoms with Gasteiger partial charge in [-0.3, -0.25) is 4.79 Å². The van der Waals surface area contributed by atoms with Crippen LogP contribution in [0.4, 0.5) is 5.82 Å². The summed E-state index contributed by atoms with van der Waals surface area (Å²) >= 11 is 0. The summed E-state index contributed by atoms with van der Waals surface area (Å²) in [5, 5.41) is 0. The standard InChI is InChI=1S/C14H23N3O2/c1-10(2)14-15-12(8-13(18)16-14)17(3)9-11-4-6-19-7-5-11/h8,10-11H,4-7,9H2,1-3H3,(H,15,16,18). The van der Waals surface area contributed by atoms with E-state index in [4.69, 9.17) is 4.74 Å². The van der Waals surface area contributed by atoms with Crippen LogP contribution < -0.4 is 10.5 Å². The summed E-state index contributed by atoms with van der Waals surface area (Å²) in [6, 6.07) is 1.57. The Labute approximate surface area is 114 Å². The number of H-pyrrole nitrogens is 1. The monoisotopic (exact) mass is 265 g/mol. The summed E-state index contributed by atoms with van der Waals surface area (Å²) in [5.41, 5.74) is -0.0764. The quantitative estimate of drug-likeness (QED) is 0.901. The Kier molecular flexibility index (Phi) is 4.58. The van der Waals surface area contributed by atoms with E-state index < -0.39 is 0 Å². The zero-order valence-corrected chi connectivity index (χ0v) is 12.0. The van der Waals surface area contributed by atoms with Gasteiger partial charge in [0.1, 0.15) is 11.6 Å². The van der Waals surface area contributed by atoms with Crippen LogP contribution in [-0.4, -0.2) is 36.8 Å². The minimum Gasteiger partial charge on any atom is -0.381 e. The third-order valence-electron chi connectivity index (χ3n) is 3.56. The molecule has 1 saturated heterocycles. The number of anilines is 1. The Bertz CT molecular complexity index is 464. The van der Waals surface area contributed by atoms with Gasteiger partial charge in [-0.1, -0.05) is 13.8 Å². The van der Waals surface area contributed by atoms with E-state index in [-0.39, 0.29) is 11.5 Å². The predicted molar refractivity (Wildman–Crippen MR) is 75.8 cm³/mol. The Morgan fingerprint density at radius 2 is 2.16 bits per heavy atom. The third kappa shape index (κ3) is 3.80. The van der Waals surface area contributed by atoms with Crippen molar-refractivity contribution in [2.45, 2.75) is 32.6 Å². The lowest BCUT2D eigenvalue weighted by atomic mass is 10.00. The van der Waals surface area contributed by atoms with Gasteiger partial charge in [-0.25, -0.2) is 4.98 Å². The molecule has 0 radical (unpaired) electrons. The average molecular weight is 265 g/mol. The van der Waals surface area contributed by atoms with Crippen molar-refractivity contribution < 1.29 is 4.74 Å². The van der Waals surface area contributed by atoms with Gasteiger partial charge in [0, 0.05) is 38.8 Å². The second-order valence-corrected chi connectivity index (χ2v) is 5.58. The van der Waals surface area contributed by atoms with E-state index in [9.17, 15) is 4.79 Å². The molecule has 0 atom stereocenters. The van der Waals surface area contributed by atoms with Crippen molar-refractivity contribution in [3.63, 3.8) is 0 Å². The molecule has 1 fully saturated rings. The van der Waals surface area contributed by atoms with Crippen LogP contribution in [0.3, 0.4) is 0 Å². The molecule has 5 nitrogen and oxygen atoms in total. The lowest BCUT2D eigenvalue weighted by Crippen LogP contribution is -2.31. The first-order valence-electron chi connectivity index (χ1n) is 6.96. The van der Waals surface area contributed by atoms with E-state index >= 15 is 0 Å². The molecule has 2 heterocycles. The summed E-state index contributed by atoms with van der Waals surface area (Å²) in [7, 11) is 2.00. The second-order valence-electron chi connectivity index (χ2n) is 5.58. The van der Waals surface area contributed by atoms with Crippen LogP contribution in [0, 0.1) is 5.92 Å². The first-order valence-corrected chi connectivity index (χ1v) is 6.96. The predicted octanol–water partition coefficient (Wildman–Crippen LogP) is 1.76. The molecule has 1 N–H and O–H groups in total. The SMILES string of the molecule is CC(C)c1nc(N(C)CC2CCOCC2)cc(=O)[nH]1. The van der Waals surface area contributed by atoms with Crippen molar-refractivity contribution in [2.75, 3.05) is 31.7 Å². The molecule has 19 heavy (non-hydrogen) atoms. The van der Waals surface area contributed by atoms with Gasteiger partial charge < -0.3 is 14.6 Å². The fourth-order valence-corrected chi connectivity index (χ4v) is 2.34. The first kappa shape index (κ1) is 14.1. The van der Waals surface area contributed by atoms with Crippen molar-refractivity contribution in [3.8, 4) is 0 Å². The highest BCUT2D eigenvalue weighted by molar-refractivity contribution is 5.36. The van der Waals surface area contributed by atoms with Crippen LogP contribution in [-0.2, 0) is 4.74 Å². The maximum atomic E-state index is 11.7. The number of nitrogens with zero attached hydrogens (tertiary/aromatic N) is 2. The van der Waals surface area contributed by atoms with Crippen LogP contribution in [0.5, 0.6) is 0 Å². The van der Waals surface area contributed by atoms with Gasteiger partial charge in [-0.05, 0) is 18.8 Å². The topological polar surface area (TPSA) is 58.2 Å². The molecule has 0 aromatic carbocycles. The van der Waals surface area contributed by atoms with E-state index in [2.05, 4.69) is 14.9 Å². The molecule has 0 aliphatic carbocycles. The van der Waals surface area contributed by atoms with Gasteiger partial charge in [0.05, 0.1) is 0 Å². The molecule has 0 amide bonds. The molecule has 0 saturated carbocycles. The van der Waals surface area contributed by atoms with Crippen molar-refractivity contribution in [3.05, 3.63) is 22.2 Å². The number of aromatic amines is 1. The largest absolute Gasteiger partial charge is 0.381 e. The lowest BCUT2D eigenvalue weighted by Gasteiger charge is -2.27. The van der Waals surface area contributed by atoms with Gasteiger partial charge in [0.15, 0.2) is 0 Å². The Morgan fingerprint density at radius 1 is 1.47 bits per heavy atom. The molecule has 0 unspecified atom stereocenters. The molecule has 2 rings (SSSR count). The van der Waals surface area contributed by atoms with Crippen molar-refractivity contribution in [2.24, 2.45) is 5.92 Å². The van der Waals surface area contributed by atoms with Crippen LogP contribution in [0.2, 0.25) is 0 Å². The molecule has 1 aliphatic heterocycles. The van der Waals surface area contributed by atoms with Crippen molar-refractivity contribution in [1.82, 2.24) is 9.97 Å². The van der Waals surface area contributed by atoms with E-state index in [0.29, 0.717) is 5.92 Å². The fraction of sp³-hybridized carbons (Fsp3) is 0.714. The van der Waals surface area contributed by atoms with Gasteiger partial charge in [-0.2, -0.15) is 0 Å². The minimum atomic E-state index is -0.0764. The molecule has 106 valence electrons. The Balaban J connectivity index is 2.09. The molecule has 0 bridgehead atoms. The number of hydrogen-bond acceptors (Lipinski definition) is 4. The Hall–Kier alpha value is -1.36. The van der Waals surface area contributed by atoms with Gasteiger partial charge in [-0.15, -0.1) is 0 Å². The van der Waals surface area contributed by atoms with E-state index in [1.165, 1.54) is 0 Å². The normalized spacial score (nSPS) is 16.8. The van der Waals surface area contributed by atoms with Crippen molar-refractivity contribution in [1.29, 1.82) is 0 Å². The maximum Gasteiger partial charge on any atom is 0.252 e. The summed E-state index contributed by atoms with van der Waals surface area (Å²) in [6.07, 6.45) is 2.18. The molecular formula is C14H23N3O2. The minimum absolute atomic E-state index is 0.0764. The molecular weight excluding hydrogens is 242 g/mol. The van der Waals surface area contributed by atoms with E-state index in [0.717, 1.165) is 44.2 Å². The lowest BCUT2D eigenvalue weighted by molar-refractivity contribution is 0.0685. The molecule has 0 spiro atoms. The number of rotatable bonds is 4. The van der Waals surface area contributed by atoms with Gasteiger partial charge >= 0.3 is 0 Å². The van der Waals surface area contributed by atoms with Crippen molar-refractivity contribution >= 4 is 5.82 Å². The zero-order chi connectivity index (χ0) is 13.8. The number of aromatic nitrogens is 2.